The molecule has 2 aliphatic carbocycles. The van der Waals surface area contributed by atoms with Crippen LogP contribution in [0.1, 0.15) is 31.2 Å². The molecule has 2 fully saturated rings. The molecule has 4 heteroatoms. The van der Waals surface area contributed by atoms with Crippen LogP contribution in [0.3, 0.4) is 0 Å². The molecule has 0 bridgehead atoms. The molecule has 0 saturated heterocycles. The molecule has 1 aromatic heterocycles. The van der Waals surface area contributed by atoms with Gasteiger partial charge in [-0.3, -0.25) is 0 Å². The van der Waals surface area contributed by atoms with Crippen LogP contribution in [-0.2, 0) is 6.54 Å². The molecule has 2 aliphatic rings. The summed E-state index contributed by atoms with van der Waals surface area (Å²) in [4.78, 5) is 11.9. The Bertz CT molecular complexity index is 660. The zero-order chi connectivity index (χ0) is 14.2. The van der Waals surface area contributed by atoms with Crippen LogP contribution in [0.25, 0.3) is 11.0 Å². The fourth-order valence-electron chi connectivity index (χ4n) is 3.30. The highest BCUT2D eigenvalue weighted by Crippen LogP contribution is 2.46. The number of urea groups is 1. The van der Waals surface area contributed by atoms with Crippen molar-refractivity contribution in [2.24, 2.45) is 11.8 Å². The standard InChI is InChI=1S/C17H20N2O2/c20-17(19-15-9-14(15)12-2-1-3-12)18-10-11-4-5-16-13(8-11)6-7-21-16/h4-8,12,14-15H,1-3,9-10H2,(H2,18,19,20)/t14-,15+/m0/s1. The Morgan fingerprint density at radius 1 is 1.29 bits per heavy atom. The number of fused-ring (bicyclic) bond motifs is 1. The summed E-state index contributed by atoms with van der Waals surface area (Å²) in [5.41, 5.74) is 1.97. The Labute approximate surface area is 123 Å². The van der Waals surface area contributed by atoms with E-state index in [-0.39, 0.29) is 6.03 Å². The molecule has 1 aromatic carbocycles. The van der Waals surface area contributed by atoms with Crippen LogP contribution in [0.2, 0.25) is 0 Å². The van der Waals surface area contributed by atoms with Gasteiger partial charge >= 0.3 is 6.03 Å². The number of carbonyl (C=O) groups is 1. The van der Waals surface area contributed by atoms with Gasteiger partial charge in [-0.05, 0) is 42.0 Å². The predicted molar refractivity (Wildman–Crippen MR) is 80.8 cm³/mol. The van der Waals surface area contributed by atoms with E-state index in [1.54, 1.807) is 6.26 Å². The maximum atomic E-state index is 11.9. The second-order valence-corrected chi connectivity index (χ2v) is 6.32. The topological polar surface area (TPSA) is 54.3 Å². The number of nitrogens with one attached hydrogen (secondary N) is 2. The van der Waals surface area contributed by atoms with Gasteiger partial charge in [0.1, 0.15) is 5.58 Å². The third-order valence-electron chi connectivity index (χ3n) is 4.88. The number of furan rings is 1. The molecule has 0 spiro atoms. The van der Waals surface area contributed by atoms with E-state index in [0.29, 0.717) is 12.6 Å². The Morgan fingerprint density at radius 2 is 2.19 bits per heavy atom. The van der Waals surface area contributed by atoms with E-state index in [4.69, 9.17) is 4.42 Å². The molecule has 1 heterocycles. The third-order valence-corrected chi connectivity index (χ3v) is 4.88. The molecule has 2 saturated carbocycles. The fraction of sp³-hybridized carbons (Fsp3) is 0.471. The van der Waals surface area contributed by atoms with Crippen molar-refractivity contribution in [3.63, 3.8) is 0 Å². The number of carbonyl (C=O) groups excluding carboxylic acids is 1. The van der Waals surface area contributed by atoms with Crippen LogP contribution in [0.5, 0.6) is 0 Å². The largest absolute Gasteiger partial charge is 0.464 e. The van der Waals surface area contributed by atoms with Gasteiger partial charge in [-0.1, -0.05) is 25.3 Å². The molecule has 110 valence electrons. The van der Waals surface area contributed by atoms with E-state index < -0.39 is 0 Å². The summed E-state index contributed by atoms with van der Waals surface area (Å²) >= 11 is 0. The first-order valence-electron chi connectivity index (χ1n) is 7.80. The lowest BCUT2D eigenvalue weighted by molar-refractivity contribution is 0.235. The highest BCUT2D eigenvalue weighted by molar-refractivity contribution is 5.78. The zero-order valence-corrected chi connectivity index (χ0v) is 12.0. The van der Waals surface area contributed by atoms with Crippen molar-refractivity contribution < 1.29 is 9.21 Å². The van der Waals surface area contributed by atoms with Crippen LogP contribution in [0.4, 0.5) is 4.79 Å². The van der Waals surface area contributed by atoms with Crippen molar-refractivity contribution in [2.75, 3.05) is 0 Å². The molecule has 21 heavy (non-hydrogen) atoms. The van der Waals surface area contributed by atoms with Crippen molar-refractivity contribution in [2.45, 2.75) is 38.3 Å². The van der Waals surface area contributed by atoms with E-state index >= 15 is 0 Å². The smallest absolute Gasteiger partial charge is 0.315 e. The van der Waals surface area contributed by atoms with Crippen LogP contribution in [-0.4, -0.2) is 12.1 Å². The zero-order valence-electron chi connectivity index (χ0n) is 12.0. The monoisotopic (exact) mass is 284 g/mol. The van der Waals surface area contributed by atoms with Gasteiger partial charge in [0.15, 0.2) is 0 Å². The lowest BCUT2D eigenvalue weighted by Gasteiger charge is -2.25. The molecule has 0 unspecified atom stereocenters. The Balaban J connectivity index is 1.27. The summed E-state index contributed by atoms with van der Waals surface area (Å²) in [6.07, 6.45) is 6.93. The molecular weight excluding hydrogens is 264 g/mol. The van der Waals surface area contributed by atoms with Gasteiger partial charge in [-0.15, -0.1) is 0 Å². The first-order chi connectivity index (χ1) is 10.3. The molecule has 0 aliphatic heterocycles. The SMILES string of the molecule is O=C(NCc1ccc2occc2c1)N[C@@H]1C[C@H]1C1CCC1. The van der Waals surface area contributed by atoms with Crippen molar-refractivity contribution in [1.82, 2.24) is 10.6 Å². The third kappa shape index (κ3) is 2.62. The number of benzene rings is 1. The number of rotatable bonds is 4. The summed E-state index contributed by atoms with van der Waals surface area (Å²) < 4.78 is 5.31. The van der Waals surface area contributed by atoms with Crippen molar-refractivity contribution in [3.05, 3.63) is 36.1 Å². The van der Waals surface area contributed by atoms with E-state index in [0.717, 1.165) is 28.4 Å². The summed E-state index contributed by atoms with van der Waals surface area (Å²) in [5.74, 6) is 1.62. The molecule has 2 amide bonds. The lowest BCUT2D eigenvalue weighted by Crippen LogP contribution is -2.37. The van der Waals surface area contributed by atoms with Gasteiger partial charge in [0, 0.05) is 18.0 Å². The van der Waals surface area contributed by atoms with E-state index in [1.165, 1.54) is 25.7 Å². The molecular formula is C17H20N2O2. The Morgan fingerprint density at radius 3 is 3.00 bits per heavy atom. The Hall–Kier alpha value is -1.97. The highest BCUT2D eigenvalue weighted by atomic mass is 16.3. The molecule has 4 rings (SSSR count). The second kappa shape index (κ2) is 5.10. The van der Waals surface area contributed by atoms with Gasteiger partial charge in [0.05, 0.1) is 6.26 Å². The molecule has 2 aromatic rings. The van der Waals surface area contributed by atoms with Gasteiger partial charge < -0.3 is 15.1 Å². The summed E-state index contributed by atoms with van der Waals surface area (Å²) in [6.45, 7) is 0.549. The molecule has 2 N–H and O–H groups in total. The minimum atomic E-state index is -0.0471. The predicted octanol–water partition coefficient (Wildman–Crippen LogP) is 3.42. The average Bonchev–Trinajstić information content (AvgIpc) is 2.99. The quantitative estimate of drug-likeness (QED) is 0.904. The van der Waals surface area contributed by atoms with E-state index in [9.17, 15) is 4.79 Å². The van der Waals surface area contributed by atoms with Crippen molar-refractivity contribution >= 4 is 17.0 Å². The summed E-state index contributed by atoms with van der Waals surface area (Å²) in [7, 11) is 0. The first kappa shape index (κ1) is 12.7. The highest BCUT2D eigenvalue weighted by Gasteiger charge is 2.45. The lowest BCUT2D eigenvalue weighted by atomic mass is 9.81. The van der Waals surface area contributed by atoms with Crippen LogP contribution in [0.15, 0.2) is 34.9 Å². The van der Waals surface area contributed by atoms with Crippen molar-refractivity contribution in [1.29, 1.82) is 0 Å². The molecule has 4 nitrogen and oxygen atoms in total. The normalized spacial score (nSPS) is 24.6. The number of amides is 2. The second-order valence-electron chi connectivity index (χ2n) is 6.32. The minimum Gasteiger partial charge on any atom is -0.464 e. The maximum Gasteiger partial charge on any atom is 0.315 e. The van der Waals surface area contributed by atoms with E-state index in [1.807, 2.05) is 24.3 Å². The van der Waals surface area contributed by atoms with Gasteiger partial charge in [-0.25, -0.2) is 4.79 Å². The molecule has 0 radical (unpaired) electrons. The van der Waals surface area contributed by atoms with Gasteiger partial charge in [0.2, 0.25) is 0 Å². The number of hydrogen-bond acceptors (Lipinski definition) is 2. The van der Waals surface area contributed by atoms with Crippen LogP contribution in [0, 0.1) is 11.8 Å². The fourth-order valence-corrected chi connectivity index (χ4v) is 3.30. The van der Waals surface area contributed by atoms with Crippen molar-refractivity contribution in [3.8, 4) is 0 Å². The minimum absolute atomic E-state index is 0.0471. The van der Waals surface area contributed by atoms with Gasteiger partial charge in [-0.2, -0.15) is 0 Å². The van der Waals surface area contributed by atoms with Gasteiger partial charge in [0.25, 0.3) is 0 Å². The van der Waals surface area contributed by atoms with Crippen LogP contribution >= 0.6 is 0 Å². The summed E-state index contributed by atoms with van der Waals surface area (Å²) in [5, 5.41) is 7.10. The van der Waals surface area contributed by atoms with Crippen LogP contribution < -0.4 is 10.6 Å². The first-order valence-corrected chi connectivity index (χ1v) is 7.80. The molecule has 2 atom stereocenters. The summed E-state index contributed by atoms with van der Waals surface area (Å²) in [6, 6.07) is 8.28. The van der Waals surface area contributed by atoms with E-state index in [2.05, 4.69) is 10.6 Å². The Kier molecular flexibility index (Phi) is 3.09. The number of hydrogen-bond donors (Lipinski definition) is 2. The maximum absolute atomic E-state index is 11.9. The average molecular weight is 284 g/mol.